The zero-order chi connectivity index (χ0) is 18.8. The van der Waals surface area contributed by atoms with E-state index in [1.807, 2.05) is 6.92 Å². The van der Waals surface area contributed by atoms with E-state index in [1.54, 1.807) is 36.4 Å². The van der Waals surface area contributed by atoms with Crippen molar-refractivity contribution in [2.45, 2.75) is 83.0 Å². The second kappa shape index (κ2) is 19.6. The van der Waals surface area contributed by atoms with Crippen LogP contribution in [0.2, 0.25) is 0 Å². The van der Waals surface area contributed by atoms with Crippen LogP contribution in [0.3, 0.4) is 0 Å². The van der Waals surface area contributed by atoms with Crippen LogP contribution >= 0.6 is 0 Å². The van der Waals surface area contributed by atoms with Gasteiger partial charge in [0.05, 0.1) is 11.5 Å². The molecule has 26 heavy (non-hydrogen) atoms. The van der Waals surface area contributed by atoms with Crippen LogP contribution in [-0.4, -0.2) is 44.6 Å². The van der Waals surface area contributed by atoms with Crippen LogP contribution in [0.25, 0.3) is 0 Å². The van der Waals surface area contributed by atoms with E-state index in [4.69, 9.17) is 4.18 Å². The first-order chi connectivity index (χ1) is 12.1. The standard InChI is InChI=1S/C18H30O3S.C3H6.Na/c1-2-3-4-5-6-7-8-9-10-14-17-21-22(19,20)18-15-12-11-13-16-18;1-3-2;/h11-13,15-16H,2-10,14,17H2,1H3;3H,1H2,2H3;. The van der Waals surface area contributed by atoms with Crippen molar-refractivity contribution in [3.8, 4) is 0 Å². The number of hydrogen-bond donors (Lipinski definition) is 0. The quantitative estimate of drug-likeness (QED) is 0.176. The summed E-state index contributed by atoms with van der Waals surface area (Å²) in [6, 6.07) is 8.33. The maximum atomic E-state index is 11.9. The molecule has 1 radical (unpaired) electrons. The van der Waals surface area contributed by atoms with Gasteiger partial charge in [-0.05, 0) is 25.5 Å². The van der Waals surface area contributed by atoms with Gasteiger partial charge in [0.25, 0.3) is 10.1 Å². The van der Waals surface area contributed by atoms with Crippen LogP contribution in [0.5, 0.6) is 0 Å². The molecule has 145 valence electrons. The Labute approximate surface area is 184 Å². The number of benzene rings is 1. The van der Waals surface area contributed by atoms with Gasteiger partial charge in [0.15, 0.2) is 0 Å². The van der Waals surface area contributed by atoms with Crippen molar-refractivity contribution in [3.05, 3.63) is 43.0 Å². The van der Waals surface area contributed by atoms with Crippen LogP contribution in [-0.2, 0) is 14.3 Å². The van der Waals surface area contributed by atoms with E-state index in [0.29, 0.717) is 0 Å². The molecule has 0 atom stereocenters. The van der Waals surface area contributed by atoms with Gasteiger partial charge in [0, 0.05) is 29.6 Å². The Balaban J connectivity index is 0. The van der Waals surface area contributed by atoms with Crippen molar-refractivity contribution in [2.75, 3.05) is 6.61 Å². The first-order valence-electron chi connectivity index (χ1n) is 9.60. The molecule has 0 aliphatic carbocycles. The molecule has 1 rings (SSSR count). The molecule has 0 heterocycles. The normalized spacial score (nSPS) is 10.4. The Kier molecular flexibility index (Phi) is 21.2. The minimum atomic E-state index is -3.57. The number of rotatable bonds is 13. The van der Waals surface area contributed by atoms with Gasteiger partial charge in [-0.15, -0.1) is 6.58 Å². The fourth-order valence-electron chi connectivity index (χ4n) is 2.41. The van der Waals surface area contributed by atoms with Crippen LogP contribution < -0.4 is 0 Å². The van der Waals surface area contributed by atoms with Gasteiger partial charge in [0.1, 0.15) is 0 Å². The van der Waals surface area contributed by atoms with Crippen molar-refractivity contribution in [1.82, 2.24) is 0 Å². The Morgan fingerprint density at radius 1 is 0.885 bits per heavy atom. The molecule has 5 heteroatoms. The smallest absolute Gasteiger partial charge is 0.266 e. The molecule has 0 aliphatic rings. The second-order valence-corrected chi connectivity index (χ2v) is 7.79. The zero-order valence-corrected chi connectivity index (χ0v) is 19.9. The van der Waals surface area contributed by atoms with Crippen LogP contribution in [0.15, 0.2) is 47.9 Å². The summed E-state index contributed by atoms with van der Waals surface area (Å²) in [6.07, 6.45) is 14.0. The van der Waals surface area contributed by atoms with Crippen molar-refractivity contribution in [2.24, 2.45) is 0 Å². The van der Waals surface area contributed by atoms with Gasteiger partial charge in [0.2, 0.25) is 0 Å². The van der Waals surface area contributed by atoms with E-state index in [0.717, 1.165) is 12.8 Å². The van der Waals surface area contributed by atoms with E-state index < -0.39 is 10.1 Å². The molecular weight excluding hydrogens is 355 g/mol. The van der Waals surface area contributed by atoms with E-state index >= 15 is 0 Å². The molecule has 0 aliphatic heterocycles. The molecule has 0 aromatic heterocycles. The minimum absolute atomic E-state index is 0. The predicted molar refractivity (Wildman–Crippen MR) is 113 cm³/mol. The van der Waals surface area contributed by atoms with E-state index in [-0.39, 0.29) is 41.1 Å². The molecule has 0 saturated carbocycles. The molecule has 0 spiro atoms. The molecule has 1 aromatic rings. The topological polar surface area (TPSA) is 43.4 Å². The molecule has 0 bridgehead atoms. The van der Waals surface area contributed by atoms with Crippen LogP contribution in [0.4, 0.5) is 0 Å². The van der Waals surface area contributed by atoms with Gasteiger partial charge in [-0.2, -0.15) is 8.42 Å². The Morgan fingerprint density at radius 3 is 1.77 bits per heavy atom. The van der Waals surface area contributed by atoms with Gasteiger partial charge < -0.3 is 0 Å². The summed E-state index contributed by atoms with van der Waals surface area (Å²) in [5, 5.41) is 0. The second-order valence-electron chi connectivity index (χ2n) is 6.18. The minimum Gasteiger partial charge on any atom is -0.266 e. The third kappa shape index (κ3) is 16.1. The van der Waals surface area contributed by atoms with Gasteiger partial charge in [-0.1, -0.05) is 89.0 Å². The van der Waals surface area contributed by atoms with Crippen LogP contribution in [0, 0.1) is 0 Å². The summed E-state index contributed by atoms with van der Waals surface area (Å²) >= 11 is 0. The molecule has 0 unspecified atom stereocenters. The zero-order valence-electron chi connectivity index (χ0n) is 17.1. The summed E-state index contributed by atoms with van der Waals surface area (Å²) in [5.41, 5.74) is 0. The molecule has 0 amide bonds. The Bertz CT molecular complexity index is 515. The summed E-state index contributed by atoms with van der Waals surface area (Å²) in [4.78, 5) is 0.238. The third-order valence-electron chi connectivity index (χ3n) is 3.77. The average Bonchev–Trinajstić information content (AvgIpc) is 2.61. The first-order valence-corrected chi connectivity index (χ1v) is 11.0. The maximum Gasteiger partial charge on any atom is 0.296 e. The average molecular weight is 392 g/mol. The molecule has 1 aromatic carbocycles. The summed E-state index contributed by atoms with van der Waals surface area (Å²) in [5.74, 6) is 0. The van der Waals surface area contributed by atoms with E-state index in [1.165, 1.54) is 51.4 Å². The summed E-state index contributed by atoms with van der Waals surface area (Å²) in [7, 11) is -3.57. The van der Waals surface area contributed by atoms with Gasteiger partial charge in [-0.3, -0.25) is 4.18 Å². The van der Waals surface area contributed by atoms with Gasteiger partial charge >= 0.3 is 0 Å². The fraction of sp³-hybridized carbons (Fsp3) is 0.619. The van der Waals surface area contributed by atoms with Crippen molar-refractivity contribution < 1.29 is 12.6 Å². The predicted octanol–water partition coefficient (Wildman–Crippen LogP) is 6.12. The summed E-state index contributed by atoms with van der Waals surface area (Å²) in [6.45, 7) is 7.77. The van der Waals surface area contributed by atoms with Crippen LogP contribution in [0.1, 0.15) is 78.1 Å². The van der Waals surface area contributed by atoms with Crippen molar-refractivity contribution >= 4 is 39.7 Å². The maximum absolute atomic E-state index is 11.9. The SMILES string of the molecule is C=CC.CCCCCCCCCCCCOS(=O)(=O)c1ccccc1.[Na]. The monoisotopic (exact) mass is 391 g/mol. The molecule has 0 N–H and O–H groups in total. The number of hydrogen-bond acceptors (Lipinski definition) is 3. The Morgan fingerprint density at radius 2 is 1.31 bits per heavy atom. The molecule has 0 saturated heterocycles. The molecule has 3 nitrogen and oxygen atoms in total. The number of allylic oxidation sites excluding steroid dienone is 1. The Hall–Kier alpha value is -0.130. The summed E-state index contributed by atoms with van der Waals surface area (Å²) < 4.78 is 28.8. The number of unbranched alkanes of at least 4 members (excludes halogenated alkanes) is 9. The largest absolute Gasteiger partial charge is 0.296 e. The molecule has 0 fully saturated rings. The first kappa shape index (κ1) is 28.1. The third-order valence-corrected chi connectivity index (χ3v) is 5.09. The van der Waals surface area contributed by atoms with E-state index in [2.05, 4.69) is 13.5 Å². The van der Waals surface area contributed by atoms with E-state index in [9.17, 15) is 8.42 Å². The van der Waals surface area contributed by atoms with Gasteiger partial charge in [-0.25, -0.2) is 0 Å². The molecular formula is C21H36NaO3S. The van der Waals surface area contributed by atoms with Crippen molar-refractivity contribution in [3.63, 3.8) is 0 Å². The van der Waals surface area contributed by atoms with Crippen molar-refractivity contribution in [1.29, 1.82) is 0 Å². The fourth-order valence-corrected chi connectivity index (χ4v) is 3.38.